The average Bonchev–Trinajstić information content (AvgIpc) is 3.12. The molecule has 4 atom stereocenters. The van der Waals surface area contributed by atoms with Crippen molar-refractivity contribution in [3.63, 3.8) is 0 Å². The Morgan fingerprint density at radius 2 is 1.41 bits per heavy atom. The first-order valence-corrected chi connectivity index (χ1v) is 17.4. The van der Waals surface area contributed by atoms with Crippen LogP contribution in [0.1, 0.15) is 85.7 Å². The number of ether oxygens (including phenoxy) is 1. The summed E-state index contributed by atoms with van der Waals surface area (Å²) in [6, 6.07) is 17.1. The lowest BCUT2D eigenvalue weighted by Crippen LogP contribution is -2.57. The zero-order valence-electron chi connectivity index (χ0n) is 30.5. The molecule has 12 heteroatoms. The number of esters is 1. The van der Waals surface area contributed by atoms with Gasteiger partial charge in [-0.3, -0.25) is 19.2 Å². The predicted octanol–water partition coefficient (Wildman–Crippen LogP) is 3.13. The highest BCUT2D eigenvalue weighted by atomic mass is 16.5. The van der Waals surface area contributed by atoms with Crippen LogP contribution in [-0.2, 0) is 32.1 Å². The Balaban J connectivity index is 1.67. The summed E-state index contributed by atoms with van der Waals surface area (Å²) in [5.74, 6) is -1.82. The van der Waals surface area contributed by atoms with Gasteiger partial charge in [0.2, 0.25) is 17.7 Å². The molecule has 0 saturated carbocycles. The Labute approximate surface area is 300 Å². The minimum absolute atomic E-state index is 0.228. The van der Waals surface area contributed by atoms with E-state index in [0.29, 0.717) is 36.8 Å². The predicted molar refractivity (Wildman–Crippen MR) is 194 cm³/mol. The van der Waals surface area contributed by atoms with Gasteiger partial charge in [0, 0.05) is 31.3 Å². The number of amides is 4. The molecule has 0 aliphatic carbocycles. The summed E-state index contributed by atoms with van der Waals surface area (Å²) in [6.45, 7) is 10.2. The molecule has 0 radical (unpaired) electrons. The fourth-order valence-electron chi connectivity index (χ4n) is 5.44. The zero-order valence-corrected chi connectivity index (χ0v) is 30.5. The third-order valence-corrected chi connectivity index (χ3v) is 8.21. The summed E-state index contributed by atoms with van der Waals surface area (Å²) in [4.78, 5) is 68.0. The summed E-state index contributed by atoms with van der Waals surface area (Å²) < 4.78 is 4.73. The quantitative estimate of drug-likeness (QED) is 0.127. The number of H-pyrrole nitrogens is 1. The van der Waals surface area contributed by atoms with Crippen LogP contribution < -0.4 is 31.6 Å². The number of carbonyl (C=O) groups excluding carboxylic acids is 5. The first-order valence-electron chi connectivity index (χ1n) is 17.4. The Morgan fingerprint density at radius 1 is 0.765 bits per heavy atom. The van der Waals surface area contributed by atoms with Crippen LogP contribution in [0.3, 0.4) is 0 Å². The van der Waals surface area contributed by atoms with E-state index in [4.69, 9.17) is 4.74 Å². The van der Waals surface area contributed by atoms with E-state index >= 15 is 0 Å². The molecule has 1 aromatic heterocycles. The van der Waals surface area contributed by atoms with Gasteiger partial charge in [0.15, 0.2) is 12.4 Å². The second-order valence-electron chi connectivity index (χ2n) is 13.9. The minimum Gasteiger partial charge on any atom is -0.465 e. The van der Waals surface area contributed by atoms with Gasteiger partial charge in [-0.25, -0.2) is 9.78 Å². The van der Waals surface area contributed by atoms with Gasteiger partial charge in [-0.05, 0) is 54.9 Å². The Morgan fingerprint density at radius 3 is 2.02 bits per heavy atom. The van der Waals surface area contributed by atoms with Gasteiger partial charge in [-0.2, -0.15) is 0 Å². The van der Waals surface area contributed by atoms with Crippen molar-refractivity contribution in [1.82, 2.24) is 26.6 Å². The van der Waals surface area contributed by atoms with E-state index in [0.717, 1.165) is 11.1 Å². The van der Waals surface area contributed by atoms with Crippen molar-refractivity contribution >= 4 is 29.6 Å². The van der Waals surface area contributed by atoms with Crippen molar-refractivity contribution in [3.8, 4) is 0 Å². The summed E-state index contributed by atoms with van der Waals surface area (Å²) in [7, 11) is 1.32. The topological polar surface area (TPSA) is 169 Å². The maximum atomic E-state index is 13.8. The summed E-state index contributed by atoms with van der Waals surface area (Å²) in [6.07, 6.45) is 5.16. The number of methoxy groups -OCH3 is 1. The number of rotatable bonds is 18. The van der Waals surface area contributed by atoms with E-state index in [9.17, 15) is 24.0 Å². The molecule has 1 heterocycles. The van der Waals surface area contributed by atoms with Gasteiger partial charge < -0.3 is 31.3 Å². The van der Waals surface area contributed by atoms with Crippen LogP contribution in [0.4, 0.5) is 0 Å². The number of hydrogen-bond donors (Lipinski definition) is 5. The standard InChI is InChI=1S/C39H52N6O6/c1-7-11-32(44-37(49)33(23-39(3,4)5)45-35(47)29-18-20-40-21-19-29)36(48)43-31(22-27-12-9-8-10-13-27)25-41-26(2)34(46)42-24-28-14-16-30(17-15-28)38(50)51-6/h8-10,12-21,26,31-33,41H,7,11,22-25H2,1-6H3,(H,42,46)(H,43,48)(H,44,49)(H,45,47)/p+1/t26-,31?,32-,33-/m0/s1. The lowest BCUT2D eigenvalue weighted by Gasteiger charge is -2.29. The molecule has 6 N–H and O–H groups in total. The van der Waals surface area contributed by atoms with Gasteiger partial charge in [-0.15, -0.1) is 0 Å². The van der Waals surface area contributed by atoms with Gasteiger partial charge in [-0.1, -0.05) is 76.6 Å². The van der Waals surface area contributed by atoms with E-state index < -0.39 is 36.0 Å². The molecular weight excluding hydrogens is 648 g/mol. The molecule has 0 bridgehead atoms. The molecule has 12 nitrogen and oxygen atoms in total. The molecule has 0 spiro atoms. The molecule has 3 rings (SSSR count). The molecule has 0 aliphatic heterocycles. The largest absolute Gasteiger partial charge is 0.465 e. The lowest BCUT2D eigenvalue weighted by atomic mass is 9.87. The molecule has 0 saturated heterocycles. The van der Waals surface area contributed by atoms with Crippen molar-refractivity contribution in [2.45, 2.75) is 91.0 Å². The first kappa shape index (κ1) is 40.3. The fourth-order valence-corrected chi connectivity index (χ4v) is 5.44. The number of pyridine rings is 1. The minimum atomic E-state index is -0.860. The van der Waals surface area contributed by atoms with E-state index in [1.54, 1.807) is 55.7 Å². The van der Waals surface area contributed by atoms with Crippen LogP contribution >= 0.6 is 0 Å². The summed E-state index contributed by atoms with van der Waals surface area (Å²) in [5, 5.41) is 15.0. The Kier molecular flexibility index (Phi) is 15.8. The number of nitrogens with one attached hydrogen (secondary N) is 6. The molecule has 274 valence electrons. The van der Waals surface area contributed by atoms with E-state index in [1.807, 2.05) is 58.0 Å². The third kappa shape index (κ3) is 14.0. The van der Waals surface area contributed by atoms with E-state index in [1.165, 1.54) is 7.11 Å². The van der Waals surface area contributed by atoms with Crippen LogP contribution in [0.25, 0.3) is 0 Å². The number of aromatic nitrogens is 1. The molecule has 0 aliphatic rings. The highest BCUT2D eigenvalue weighted by Crippen LogP contribution is 2.21. The van der Waals surface area contributed by atoms with E-state index in [-0.39, 0.29) is 36.2 Å². The molecule has 3 aromatic rings. The van der Waals surface area contributed by atoms with Gasteiger partial charge in [0.25, 0.3) is 5.91 Å². The number of benzene rings is 2. The van der Waals surface area contributed by atoms with Crippen LogP contribution in [-0.4, -0.2) is 67.4 Å². The number of aromatic amines is 1. The van der Waals surface area contributed by atoms with Crippen molar-refractivity contribution in [3.05, 3.63) is 101 Å². The van der Waals surface area contributed by atoms with Crippen LogP contribution in [0, 0.1) is 5.41 Å². The van der Waals surface area contributed by atoms with Crippen LogP contribution in [0.15, 0.2) is 79.1 Å². The Hall–Kier alpha value is -5.10. The fraction of sp³-hybridized carbons (Fsp3) is 0.436. The highest BCUT2D eigenvalue weighted by Gasteiger charge is 2.31. The van der Waals surface area contributed by atoms with E-state index in [2.05, 4.69) is 31.6 Å². The lowest BCUT2D eigenvalue weighted by molar-refractivity contribution is -0.378. The summed E-state index contributed by atoms with van der Waals surface area (Å²) >= 11 is 0. The van der Waals surface area contributed by atoms with Gasteiger partial charge in [0.1, 0.15) is 12.1 Å². The normalized spacial score (nSPS) is 13.5. The summed E-state index contributed by atoms with van der Waals surface area (Å²) in [5.41, 5.74) is 2.38. The maximum Gasteiger partial charge on any atom is 0.337 e. The average molecular weight is 702 g/mol. The highest BCUT2D eigenvalue weighted by molar-refractivity contribution is 5.98. The number of hydrogen-bond acceptors (Lipinski definition) is 7. The van der Waals surface area contributed by atoms with Crippen LogP contribution in [0.2, 0.25) is 0 Å². The first-order chi connectivity index (χ1) is 24.3. The molecule has 1 unspecified atom stereocenters. The number of carbonyl (C=O) groups is 5. The second kappa shape index (κ2) is 19.9. The SMILES string of the molecule is CCC[C@H](NC(=O)[C@H](CC(C)(C)C)NC(=O)c1cc[nH+]cc1)C(=O)NC(CN[C@@H](C)C(=O)NCc1ccc(C(=O)OC)cc1)Cc1ccccc1. The maximum absolute atomic E-state index is 13.8. The molecule has 4 amide bonds. The smallest absolute Gasteiger partial charge is 0.337 e. The van der Waals surface area contributed by atoms with Crippen molar-refractivity contribution in [2.75, 3.05) is 13.7 Å². The second-order valence-corrected chi connectivity index (χ2v) is 13.9. The van der Waals surface area contributed by atoms with Crippen molar-refractivity contribution in [2.24, 2.45) is 5.41 Å². The van der Waals surface area contributed by atoms with Gasteiger partial charge in [0.05, 0.1) is 24.3 Å². The molecule has 2 aromatic carbocycles. The zero-order chi connectivity index (χ0) is 37.4. The Bertz CT molecular complexity index is 1580. The monoisotopic (exact) mass is 701 g/mol. The van der Waals surface area contributed by atoms with Gasteiger partial charge >= 0.3 is 5.97 Å². The van der Waals surface area contributed by atoms with Crippen LogP contribution in [0.5, 0.6) is 0 Å². The molecule has 51 heavy (non-hydrogen) atoms. The third-order valence-electron chi connectivity index (χ3n) is 8.21. The van der Waals surface area contributed by atoms with Crippen molar-refractivity contribution in [1.29, 1.82) is 0 Å². The molecule has 0 fully saturated rings. The van der Waals surface area contributed by atoms with Crippen molar-refractivity contribution < 1.29 is 33.7 Å². The molecular formula is C39H53N6O6+.